The molecule has 5 rings (SSSR count). The molecule has 3 aliphatic rings. The van der Waals surface area contributed by atoms with E-state index in [9.17, 15) is 14.4 Å². The van der Waals surface area contributed by atoms with Gasteiger partial charge in [0.1, 0.15) is 6.61 Å². The molecule has 2 atom stereocenters. The molecule has 2 aromatic rings. The van der Waals surface area contributed by atoms with Crippen molar-refractivity contribution < 1.29 is 24.2 Å². The first kappa shape index (κ1) is 23.4. The van der Waals surface area contributed by atoms with Crippen LogP contribution >= 0.6 is 0 Å². The predicted octanol–water partition coefficient (Wildman–Crippen LogP) is 4.45. The van der Waals surface area contributed by atoms with Gasteiger partial charge in [0.05, 0.1) is 11.3 Å². The van der Waals surface area contributed by atoms with E-state index in [0.29, 0.717) is 25.7 Å². The van der Waals surface area contributed by atoms with Crippen LogP contribution in [0, 0.1) is 11.3 Å². The highest BCUT2D eigenvalue weighted by Gasteiger charge is 2.46. The monoisotopic (exact) mass is 476 g/mol. The van der Waals surface area contributed by atoms with Gasteiger partial charge in [0.2, 0.25) is 5.91 Å². The highest BCUT2D eigenvalue weighted by molar-refractivity contribution is 5.85. The van der Waals surface area contributed by atoms with Gasteiger partial charge in [-0.25, -0.2) is 4.79 Å². The Balaban J connectivity index is 1.21. The van der Waals surface area contributed by atoms with Crippen LogP contribution < -0.4 is 10.6 Å². The minimum Gasteiger partial charge on any atom is -0.481 e. The Morgan fingerprint density at radius 1 is 0.971 bits per heavy atom. The van der Waals surface area contributed by atoms with Crippen LogP contribution in [0.1, 0.15) is 62.5 Å². The molecule has 0 aliphatic heterocycles. The molecule has 2 amide bonds. The average molecular weight is 477 g/mol. The third-order valence-corrected chi connectivity index (χ3v) is 8.19. The molecule has 0 spiro atoms. The van der Waals surface area contributed by atoms with Crippen molar-refractivity contribution in [3.05, 3.63) is 59.7 Å². The van der Waals surface area contributed by atoms with E-state index in [0.717, 1.165) is 24.0 Å². The summed E-state index contributed by atoms with van der Waals surface area (Å²) in [5, 5.41) is 15.1. The van der Waals surface area contributed by atoms with Crippen molar-refractivity contribution in [3.63, 3.8) is 0 Å². The zero-order valence-electron chi connectivity index (χ0n) is 20.0. The highest BCUT2D eigenvalue weighted by atomic mass is 16.5. The molecule has 0 bridgehead atoms. The molecule has 2 aromatic carbocycles. The number of carboxylic acid groups (broad SMARTS) is 1. The van der Waals surface area contributed by atoms with Gasteiger partial charge in [-0.15, -0.1) is 0 Å². The summed E-state index contributed by atoms with van der Waals surface area (Å²) in [6, 6.07) is 16.0. The van der Waals surface area contributed by atoms with Crippen LogP contribution in [0.3, 0.4) is 0 Å². The first-order chi connectivity index (χ1) is 16.9. The molecule has 0 aromatic heterocycles. The second-order valence-electron chi connectivity index (χ2n) is 10.4. The van der Waals surface area contributed by atoms with E-state index < -0.39 is 17.5 Å². The number of alkyl carbamates (subject to hydrolysis) is 1. The number of ether oxygens (including phenoxy) is 1. The highest BCUT2D eigenvalue weighted by Crippen LogP contribution is 2.44. The fourth-order valence-corrected chi connectivity index (χ4v) is 5.91. The smallest absolute Gasteiger partial charge is 0.407 e. The van der Waals surface area contributed by atoms with Gasteiger partial charge in [-0.3, -0.25) is 9.59 Å². The Kier molecular flexibility index (Phi) is 6.26. The topological polar surface area (TPSA) is 105 Å². The minimum absolute atomic E-state index is 0.0185. The number of nitrogens with one attached hydrogen (secondary N) is 2. The van der Waals surface area contributed by atoms with E-state index in [1.165, 1.54) is 11.1 Å². The summed E-state index contributed by atoms with van der Waals surface area (Å²) in [4.78, 5) is 37.1. The lowest BCUT2D eigenvalue weighted by Gasteiger charge is -2.42. The molecule has 0 saturated heterocycles. The third-order valence-electron chi connectivity index (χ3n) is 8.19. The second-order valence-corrected chi connectivity index (χ2v) is 10.4. The molecule has 2 saturated carbocycles. The molecular weight excluding hydrogens is 444 g/mol. The predicted molar refractivity (Wildman–Crippen MR) is 131 cm³/mol. The van der Waals surface area contributed by atoms with Crippen LogP contribution in [0.15, 0.2) is 48.5 Å². The maximum atomic E-state index is 13.2. The van der Waals surface area contributed by atoms with Crippen molar-refractivity contribution in [2.45, 2.75) is 63.5 Å². The van der Waals surface area contributed by atoms with Crippen molar-refractivity contribution in [1.82, 2.24) is 10.6 Å². The van der Waals surface area contributed by atoms with E-state index in [4.69, 9.17) is 9.84 Å². The van der Waals surface area contributed by atoms with Crippen LogP contribution in [0.5, 0.6) is 0 Å². The van der Waals surface area contributed by atoms with Crippen LogP contribution in [-0.2, 0) is 14.3 Å². The molecule has 7 heteroatoms. The summed E-state index contributed by atoms with van der Waals surface area (Å²) in [6.07, 6.45) is 3.63. The molecule has 184 valence electrons. The first-order valence-corrected chi connectivity index (χ1v) is 12.5. The normalized spacial score (nSPS) is 27.2. The van der Waals surface area contributed by atoms with Gasteiger partial charge in [0, 0.05) is 18.0 Å². The fourth-order valence-electron chi connectivity index (χ4n) is 5.91. The maximum absolute atomic E-state index is 13.2. The van der Waals surface area contributed by atoms with Gasteiger partial charge >= 0.3 is 12.1 Å². The quantitative estimate of drug-likeness (QED) is 0.571. The van der Waals surface area contributed by atoms with Crippen LogP contribution in [0.4, 0.5) is 4.79 Å². The Bertz CT molecular complexity index is 1100. The molecule has 0 radical (unpaired) electrons. The van der Waals surface area contributed by atoms with Crippen molar-refractivity contribution in [2.24, 2.45) is 11.3 Å². The Morgan fingerprint density at radius 2 is 1.60 bits per heavy atom. The van der Waals surface area contributed by atoms with Crippen molar-refractivity contribution in [2.75, 3.05) is 6.61 Å². The van der Waals surface area contributed by atoms with Gasteiger partial charge in [-0.05, 0) is 54.9 Å². The number of rotatable bonds is 6. The Hall–Kier alpha value is -3.35. The zero-order chi connectivity index (χ0) is 24.6. The molecular formula is C28H32N2O5. The third kappa shape index (κ3) is 4.40. The summed E-state index contributed by atoms with van der Waals surface area (Å²) < 4.78 is 5.72. The van der Waals surface area contributed by atoms with E-state index in [1.807, 2.05) is 31.2 Å². The van der Waals surface area contributed by atoms with Gasteiger partial charge < -0.3 is 20.5 Å². The van der Waals surface area contributed by atoms with Gasteiger partial charge in [0.15, 0.2) is 0 Å². The molecule has 0 heterocycles. The largest absolute Gasteiger partial charge is 0.481 e. The van der Waals surface area contributed by atoms with E-state index in [1.54, 1.807) is 0 Å². The fraction of sp³-hybridized carbons (Fsp3) is 0.464. The molecule has 3 N–H and O–H groups in total. The minimum atomic E-state index is -0.811. The summed E-state index contributed by atoms with van der Waals surface area (Å²) in [7, 11) is 0. The lowest BCUT2D eigenvalue weighted by Crippen LogP contribution is -2.58. The van der Waals surface area contributed by atoms with E-state index in [-0.39, 0.29) is 36.4 Å². The average Bonchev–Trinajstić information content (AvgIpc) is 3.14. The second kappa shape index (κ2) is 9.36. The number of carboxylic acids is 1. The van der Waals surface area contributed by atoms with Crippen molar-refractivity contribution in [3.8, 4) is 11.1 Å². The lowest BCUT2D eigenvalue weighted by atomic mass is 9.70. The van der Waals surface area contributed by atoms with Crippen LogP contribution in [0.25, 0.3) is 11.1 Å². The first-order valence-electron chi connectivity index (χ1n) is 12.5. The van der Waals surface area contributed by atoms with Crippen molar-refractivity contribution >= 4 is 18.0 Å². The SMILES string of the molecule is CC1(C(=O)NC2CC(C(=O)O)C2)CCCCC1NC(=O)OCC1c2ccccc2-c2ccccc21. The van der Waals surface area contributed by atoms with Gasteiger partial charge in [-0.2, -0.15) is 0 Å². The number of carbonyl (C=O) groups excluding carboxylic acids is 2. The summed E-state index contributed by atoms with van der Waals surface area (Å²) in [5.74, 6) is -1.33. The number of benzene rings is 2. The number of fused-ring (bicyclic) bond motifs is 3. The van der Waals surface area contributed by atoms with Crippen LogP contribution in [0.2, 0.25) is 0 Å². The van der Waals surface area contributed by atoms with Crippen LogP contribution in [-0.4, -0.2) is 41.8 Å². The summed E-state index contributed by atoms with van der Waals surface area (Å²) in [6.45, 7) is 2.12. The number of amides is 2. The Morgan fingerprint density at radius 3 is 2.23 bits per heavy atom. The lowest BCUT2D eigenvalue weighted by molar-refractivity contribution is -0.147. The van der Waals surface area contributed by atoms with E-state index >= 15 is 0 Å². The standard InChI is InChI=1S/C28H32N2O5/c1-28(26(33)29-18-14-17(15-18)25(31)32)13-7-6-12-24(28)30-27(34)35-16-23-21-10-4-2-8-19(21)20-9-3-5-11-22(20)23/h2-5,8-11,17-18,23-24H,6-7,12-16H2,1H3,(H,29,33)(H,30,34)(H,31,32). The number of hydrogen-bond donors (Lipinski definition) is 3. The molecule has 2 fully saturated rings. The molecule has 35 heavy (non-hydrogen) atoms. The molecule has 2 unspecified atom stereocenters. The summed E-state index contributed by atoms with van der Waals surface area (Å²) in [5.41, 5.74) is 3.91. The molecule has 7 nitrogen and oxygen atoms in total. The van der Waals surface area contributed by atoms with E-state index in [2.05, 4.69) is 34.9 Å². The number of carbonyl (C=O) groups is 3. The summed E-state index contributed by atoms with van der Waals surface area (Å²) >= 11 is 0. The van der Waals surface area contributed by atoms with Crippen molar-refractivity contribution in [1.29, 1.82) is 0 Å². The van der Waals surface area contributed by atoms with Gasteiger partial charge in [0.25, 0.3) is 0 Å². The van der Waals surface area contributed by atoms with Gasteiger partial charge in [-0.1, -0.05) is 61.4 Å². The number of aliphatic carboxylic acids is 1. The Labute approximate surface area is 205 Å². The maximum Gasteiger partial charge on any atom is 0.407 e. The number of hydrogen-bond acceptors (Lipinski definition) is 4. The molecule has 3 aliphatic carbocycles. The zero-order valence-corrected chi connectivity index (χ0v) is 20.0.